The Hall–Kier alpha value is -1.47. The molecule has 3 atom stereocenters. The Balaban J connectivity index is 1.32. The van der Waals surface area contributed by atoms with Crippen molar-refractivity contribution in [2.75, 3.05) is 20.1 Å². The molecule has 3 fully saturated rings. The van der Waals surface area contributed by atoms with Crippen molar-refractivity contribution in [2.45, 2.75) is 63.3 Å². The van der Waals surface area contributed by atoms with Crippen LogP contribution in [0.5, 0.6) is 0 Å². The van der Waals surface area contributed by atoms with Crippen LogP contribution in [0.1, 0.15) is 50.3 Å². The van der Waals surface area contributed by atoms with E-state index in [1.807, 2.05) is 6.92 Å². The molecular weight excluding hydrogens is 296 g/mol. The number of esters is 1. The number of carbonyl (C=O) groups is 1. The fourth-order valence-electron chi connectivity index (χ4n) is 3.61. The summed E-state index contributed by atoms with van der Waals surface area (Å²) in [6.45, 7) is 4.47. The van der Waals surface area contributed by atoms with Gasteiger partial charge in [0.15, 0.2) is 0 Å². The Morgan fingerprint density at radius 2 is 2.13 bits per heavy atom. The molecule has 0 N–H and O–H groups in total. The van der Waals surface area contributed by atoms with E-state index in [4.69, 9.17) is 9.15 Å². The predicted molar refractivity (Wildman–Crippen MR) is 81.7 cm³/mol. The smallest absolute Gasteiger partial charge is 0.323 e. The van der Waals surface area contributed by atoms with Crippen LogP contribution in [0.15, 0.2) is 4.42 Å². The molecule has 7 heteroatoms. The van der Waals surface area contributed by atoms with E-state index in [0.29, 0.717) is 24.4 Å². The van der Waals surface area contributed by atoms with Crippen LogP contribution in [0.2, 0.25) is 0 Å². The minimum absolute atomic E-state index is 0.0449. The van der Waals surface area contributed by atoms with Crippen molar-refractivity contribution in [2.24, 2.45) is 0 Å². The first-order valence-electron chi connectivity index (χ1n) is 8.57. The first-order valence-corrected chi connectivity index (χ1v) is 8.57. The zero-order valence-electron chi connectivity index (χ0n) is 13.8. The molecule has 1 aliphatic carbocycles. The molecule has 23 heavy (non-hydrogen) atoms. The lowest BCUT2D eigenvalue weighted by Crippen LogP contribution is -2.40. The minimum atomic E-state index is -0.0632. The molecule has 2 aliphatic heterocycles. The Morgan fingerprint density at radius 3 is 2.83 bits per heavy atom. The van der Waals surface area contributed by atoms with Crippen LogP contribution in [0.3, 0.4) is 0 Å². The van der Waals surface area contributed by atoms with Gasteiger partial charge < -0.3 is 9.15 Å². The lowest BCUT2D eigenvalue weighted by Gasteiger charge is -2.24. The van der Waals surface area contributed by atoms with Gasteiger partial charge in [-0.15, -0.1) is 10.2 Å². The molecule has 4 rings (SSSR count). The van der Waals surface area contributed by atoms with Crippen LogP contribution in [0.25, 0.3) is 0 Å². The number of nitrogens with zero attached hydrogens (tertiary/aromatic N) is 4. The molecule has 0 spiro atoms. The number of rotatable bonds is 5. The summed E-state index contributed by atoms with van der Waals surface area (Å²) < 4.78 is 11.0. The van der Waals surface area contributed by atoms with Gasteiger partial charge in [-0.3, -0.25) is 14.6 Å². The number of hydrogen-bond acceptors (Lipinski definition) is 7. The fourth-order valence-corrected chi connectivity index (χ4v) is 3.61. The van der Waals surface area contributed by atoms with E-state index in [0.717, 1.165) is 31.8 Å². The van der Waals surface area contributed by atoms with Crippen molar-refractivity contribution < 1.29 is 13.9 Å². The summed E-state index contributed by atoms with van der Waals surface area (Å²) in [4.78, 5) is 16.4. The standard InChI is InChI=1S/C16H24N4O3/c1-10-7-13(16(21)22-10)20-6-5-12(8-20)19(2)9-14-17-18-15(23-14)11-3-4-11/h10-13H,3-9H2,1-2H3. The highest BCUT2D eigenvalue weighted by atomic mass is 16.6. The largest absolute Gasteiger partial charge is 0.461 e. The van der Waals surface area contributed by atoms with Crippen molar-refractivity contribution in [1.29, 1.82) is 0 Å². The van der Waals surface area contributed by atoms with Gasteiger partial charge >= 0.3 is 5.97 Å². The van der Waals surface area contributed by atoms with Gasteiger partial charge in [0.25, 0.3) is 0 Å². The Bertz CT molecular complexity index is 586. The molecule has 0 amide bonds. The minimum Gasteiger partial charge on any atom is -0.461 e. The molecular formula is C16H24N4O3. The molecule has 1 aromatic heterocycles. The second kappa shape index (κ2) is 5.87. The maximum absolute atomic E-state index is 11.9. The fraction of sp³-hybridized carbons (Fsp3) is 0.812. The van der Waals surface area contributed by atoms with Crippen molar-refractivity contribution in [1.82, 2.24) is 20.0 Å². The third-order valence-corrected chi connectivity index (χ3v) is 5.20. The van der Waals surface area contributed by atoms with Gasteiger partial charge in [-0.25, -0.2) is 0 Å². The van der Waals surface area contributed by atoms with E-state index in [2.05, 4.69) is 27.0 Å². The normalized spacial score (nSPS) is 32.0. The lowest BCUT2D eigenvalue weighted by atomic mass is 10.1. The quantitative estimate of drug-likeness (QED) is 0.754. The Labute approximate surface area is 136 Å². The van der Waals surface area contributed by atoms with Gasteiger partial charge in [-0.1, -0.05) is 0 Å². The van der Waals surface area contributed by atoms with Crippen molar-refractivity contribution in [3.05, 3.63) is 11.8 Å². The number of hydrogen-bond donors (Lipinski definition) is 0. The van der Waals surface area contributed by atoms with Gasteiger partial charge in [-0.2, -0.15) is 0 Å². The third kappa shape index (κ3) is 3.12. The van der Waals surface area contributed by atoms with Gasteiger partial charge in [0, 0.05) is 31.5 Å². The maximum atomic E-state index is 11.9. The van der Waals surface area contributed by atoms with Gasteiger partial charge in [-0.05, 0) is 33.2 Å². The molecule has 2 saturated heterocycles. The average molecular weight is 320 g/mol. The van der Waals surface area contributed by atoms with Crippen LogP contribution in [-0.2, 0) is 16.1 Å². The summed E-state index contributed by atoms with van der Waals surface area (Å²) in [5.74, 6) is 1.93. The molecule has 3 aliphatic rings. The zero-order chi connectivity index (χ0) is 16.0. The molecule has 0 bridgehead atoms. The van der Waals surface area contributed by atoms with E-state index < -0.39 is 0 Å². The number of cyclic esters (lactones) is 1. The molecule has 0 aromatic carbocycles. The molecule has 1 aromatic rings. The summed E-state index contributed by atoms with van der Waals surface area (Å²) in [6, 6.07) is 0.350. The van der Waals surface area contributed by atoms with E-state index in [1.165, 1.54) is 12.8 Å². The van der Waals surface area contributed by atoms with Crippen LogP contribution < -0.4 is 0 Å². The van der Waals surface area contributed by atoms with Crippen molar-refractivity contribution in [3.8, 4) is 0 Å². The second-order valence-corrected chi connectivity index (χ2v) is 7.16. The first kappa shape index (κ1) is 15.1. The van der Waals surface area contributed by atoms with Gasteiger partial charge in [0.2, 0.25) is 11.8 Å². The highest BCUT2D eigenvalue weighted by molar-refractivity contribution is 5.78. The monoisotopic (exact) mass is 320 g/mol. The number of carbonyl (C=O) groups excluding carboxylic acids is 1. The number of ether oxygens (including phenoxy) is 1. The van der Waals surface area contributed by atoms with Gasteiger partial charge in [0.05, 0.1) is 6.54 Å². The van der Waals surface area contributed by atoms with Gasteiger partial charge in [0.1, 0.15) is 12.1 Å². The second-order valence-electron chi connectivity index (χ2n) is 7.16. The molecule has 0 radical (unpaired) electrons. The van der Waals surface area contributed by atoms with Crippen LogP contribution in [-0.4, -0.2) is 64.3 Å². The molecule has 3 unspecified atom stereocenters. The Morgan fingerprint density at radius 1 is 1.30 bits per heavy atom. The summed E-state index contributed by atoms with van der Waals surface area (Å²) in [7, 11) is 2.09. The number of likely N-dealkylation sites (N-methyl/N-ethyl adjacent to an activating group) is 1. The SMILES string of the molecule is CC1CC(N2CCC(N(C)Cc3nnc(C4CC4)o3)C2)C(=O)O1. The maximum Gasteiger partial charge on any atom is 0.323 e. The summed E-state index contributed by atoms with van der Waals surface area (Å²) in [5.41, 5.74) is 0. The average Bonchev–Trinajstić information content (AvgIpc) is 2.94. The van der Waals surface area contributed by atoms with Crippen LogP contribution in [0, 0.1) is 0 Å². The lowest BCUT2D eigenvalue weighted by molar-refractivity contribution is -0.144. The number of likely N-dealkylation sites (tertiary alicyclic amines) is 1. The molecule has 1 saturated carbocycles. The van der Waals surface area contributed by atoms with E-state index in [1.54, 1.807) is 0 Å². The third-order valence-electron chi connectivity index (χ3n) is 5.20. The van der Waals surface area contributed by atoms with E-state index in [-0.39, 0.29) is 18.1 Å². The van der Waals surface area contributed by atoms with E-state index in [9.17, 15) is 4.79 Å². The van der Waals surface area contributed by atoms with Crippen molar-refractivity contribution >= 4 is 5.97 Å². The summed E-state index contributed by atoms with van der Waals surface area (Å²) >= 11 is 0. The molecule has 3 heterocycles. The highest BCUT2D eigenvalue weighted by Crippen LogP contribution is 2.39. The van der Waals surface area contributed by atoms with E-state index >= 15 is 0 Å². The predicted octanol–water partition coefficient (Wildman–Crippen LogP) is 1.16. The first-order chi connectivity index (χ1) is 11.1. The topological polar surface area (TPSA) is 71.7 Å². The molecule has 7 nitrogen and oxygen atoms in total. The number of aromatic nitrogens is 2. The van der Waals surface area contributed by atoms with Crippen LogP contribution in [0.4, 0.5) is 0 Å². The summed E-state index contributed by atoms with van der Waals surface area (Å²) in [6.07, 6.45) is 4.25. The Kier molecular flexibility index (Phi) is 3.85. The zero-order valence-corrected chi connectivity index (χ0v) is 13.8. The van der Waals surface area contributed by atoms with Crippen molar-refractivity contribution in [3.63, 3.8) is 0 Å². The highest BCUT2D eigenvalue weighted by Gasteiger charge is 2.40. The van der Waals surface area contributed by atoms with Crippen LogP contribution >= 0.6 is 0 Å². The molecule has 126 valence electrons. The summed E-state index contributed by atoms with van der Waals surface area (Å²) in [5, 5.41) is 8.30.